The predicted molar refractivity (Wildman–Crippen MR) is 93.8 cm³/mol. The highest BCUT2D eigenvalue weighted by atomic mass is 16.5. The molecule has 27 heavy (non-hydrogen) atoms. The Labute approximate surface area is 156 Å². The van der Waals surface area contributed by atoms with Gasteiger partial charge in [-0.05, 0) is 18.9 Å². The highest BCUT2D eigenvalue weighted by Gasteiger charge is 2.98. The van der Waals surface area contributed by atoms with E-state index in [2.05, 4.69) is 5.32 Å². The number of hydrogen-bond acceptors (Lipinski definition) is 7. The minimum absolute atomic E-state index is 0.176. The number of benzene rings is 1. The van der Waals surface area contributed by atoms with Crippen LogP contribution in [0.5, 0.6) is 0 Å². The fraction of sp³-hybridized carbons (Fsp3) is 0.400. The van der Waals surface area contributed by atoms with Gasteiger partial charge in [-0.15, -0.1) is 0 Å². The lowest BCUT2D eigenvalue weighted by atomic mass is 9.80. The second-order valence-electron chi connectivity index (χ2n) is 6.73. The van der Waals surface area contributed by atoms with E-state index in [1.54, 1.807) is 19.1 Å². The van der Waals surface area contributed by atoms with Gasteiger partial charge in [-0.1, -0.05) is 31.2 Å². The summed E-state index contributed by atoms with van der Waals surface area (Å²) in [4.78, 5) is 26.1. The largest absolute Gasteiger partial charge is 0.466 e. The van der Waals surface area contributed by atoms with Gasteiger partial charge in [0.2, 0.25) is 0 Å². The van der Waals surface area contributed by atoms with Crippen molar-refractivity contribution in [3.63, 3.8) is 0 Å². The van der Waals surface area contributed by atoms with Crippen LogP contribution in [0, 0.1) is 33.5 Å². The van der Waals surface area contributed by atoms with Gasteiger partial charge < -0.3 is 15.2 Å². The number of carbonyl (C=O) groups excluding carboxylic acids is 2. The Hall–Kier alpha value is -3.16. The Morgan fingerprint density at radius 3 is 2.48 bits per heavy atom. The summed E-state index contributed by atoms with van der Waals surface area (Å²) in [6, 6.07) is 9.92. The van der Waals surface area contributed by atoms with Crippen molar-refractivity contribution in [2.75, 3.05) is 13.7 Å². The van der Waals surface area contributed by atoms with E-state index < -0.39 is 28.2 Å². The lowest BCUT2D eigenvalue weighted by Gasteiger charge is -2.20. The summed E-state index contributed by atoms with van der Waals surface area (Å²) in [7, 11) is 1.15. The zero-order valence-electron chi connectivity index (χ0n) is 15.3. The van der Waals surface area contributed by atoms with Gasteiger partial charge in [-0.25, -0.2) is 4.79 Å². The average molecular weight is 365 g/mol. The highest BCUT2D eigenvalue weighted by Crippen LogP contribution is 2.84. The molecule has 1 aromatic rings. The number of fused-ring (bicyclic) bond motifs is 3. The van der Waals surface area contributed by atoms with Gasteiger partial charge >= 0.3 is 5.97 Å². The van der Waals surface area contributed by atoms with Crippen LogP contribution in [0.2, 0.25) is 0 Å². The highest BCUT2D eigenvalue weighted by molar-refractivity contribution is 6.19. The summed E-state index contributed by atoms with van der Waals surface area (Å²) in [5, 5.41) is 34.2. The molecule has 1 saturated carbocycles. The van der Waals surface area contributed by atoms with Crippen molar-refractivity contribution in [3.8, 4) is 12.1 Å². The maximum atomic E-state index is 13.4. The molecule has 2 atom stereocenters. The van der Waals surface area contributed by atoms with Crippen LogP contribution in [0.25, 0.3) is 0 Å². The fourth-order valence-electron chi connectivity index (χ4n) is 4.41. The Kier molecular flexibility index (Phi) is 4.09. The molecule has 0 spiro atoms. The van der Waals surface area contributed by atoms with Crippen molar-refractivity contribution in [2.45, 2.75) is 25.9 Å². The number of nitrogens with one attached hydrogen (secondary N) is 1. The quantitative estimate of drug-likeness (QED) is 0.599. The van der Waals surface area contributed by atoms with Crippen molar-refractivity contribution in [1.82, 2.24) is 5.32 Å². The smallest absolute Gasteiger partial charge is 0.336 e. The third-order valence-corrected chi connectivity index (χ3v) is 5.60. The van der Waals surface area contributed by atoms with Gasteiger partial charge in [0.05, 0.1) is 24.8 Å². The van der Waals surface area contributed by atoms with E-state index in [0.29, 0.717) is 12.2 Å². The molecule has 0 radical (unpaired) electrons. The standard InChI is InChI=1S/C20H19N3O4/c1-4-9-23-12(2)15(17(25)27-3)19-16(24)13-7-5-6-8-14(13)20(19,26)18(19,10-21)11-22/h5-8,23,26H,4,9H2,1-3H3. The third kappa shape index (κ3) is 1.77. The second kappa shape index (κ2) is 5.94. The van der Waals surface area contributed by atoms with E-state index in [1.165, 1.54) is 12.1 Å². The zero-order chi connectivity index (χ0) is 20.0. The van der Waals surface area contributed by atoms with Crippen molar-refractivity contribution >= 4 is 11.8 Å². The van der Waals surface area contributed by atoms with Crippen LogP contribution in [0.1, 0.15) is 36.2 Å². The maximum absolute atomic E-state index is 13.4. The molecule has 0 aromatic heterocycles. The summed E-state index contributed by atoms with van der Waals surface area (Å²) in [6.07, 6.45) is 0.749. The monoisotopic (exact) mass is 365 g/mol. The van der Waals surface area contributed by atoms with Crippen molar-refractivity contribution in [2.24, 2.45) is 10.8 Å². The van der Waals surface area contributed by atoms with Gasteiger partial charge in [0.1, 0.15) is 11.0 Å². The molecular weight excluding hydrogens is 346 g/mol. The summed E-state index contributed by atoms with van der Waals surface area (Å²) in [5.74, 6) is -1.48. The molecule has 1 aromatic carbocycles. The SMILES string of the molecule is CCCNC(C)=C(C(=O)OC)C12C(=O)c3ccccc3C1(O)C2(C#N)C#N. The van der Waals surface area contributed by atoms with Crippen LogP contribution in [0.15, 0.2) is 35.5 Å². The van der Waals surface area contributed by atoms with Crippen LogP contribution in [-0.4, -0.2) is 30.5 Å². The molecule has 0 bridgehead atoms. The van der Waals surface area contributed by atoms with Gasteiger partial charge in [-0.3, -0.25) is 4.79 Å². The Balaban J connectivity index is 2.38. The molecule has 7 heteroatoms. The maximum Gasteiger partial charge on any atom is 0.336 e. The number of allylic oxidation sites excluding steroid dienone is 1. The molecule has 2 aliphatic rings. The molecule has 2 unspecified atom stereocenters. The Morgan fingerprint density at radius 1 is 1.30 bits per heavy atom. The number of esters is 1. The van der Waals surface area contributed by atoms with Gasteiger partial charge in [-0.2, -0.15) is 10.5 Å². The van der Waals surface area contributed by atoms with E-state index in [9.17, 15) is 25.2 Å². The Morgan fingerprint density at radius 2 is 1.93 bits per heavy atom. The van der Waals surface area contributed by atoms with Crippen LogP contribution < -0.4 is 5.32 Å². The van der Waals surface area contributed by atoms with E-state index in [4.69, 9.17) is 4.74 Å². The first kappa shape index (κ1) is 18.6. The Bertz CT molecular complexity index is 954. The molecule has 0 saturated heterocycles. The first-order chi connectivity index (χ1) is 12.8. The number of rotatable bonds is 5. The molecule has 3 rings (SSSR count). The molecule has 0 amide bonds. The molecule has 2 N–H and O–H groups in total. The number of ketones is 1. The van der Waals surface area contributed by atoms with Crippen molar-refractivity contribution < 1.29 is 19.4 Å². The summed E-state index contributed by atoms with van der Waals surface area (Å²) in [5.41, 5.74) is -5.74. The van der Waals surface area contributed by atoms with Gasteiger partial charge in [0.25, 0.3) is 0 Å². The first-order valence-corrected chi connectivity index (χ1v) is 8.58. The number of nitrogens with zero attached hydrogens (tertiary/aromatic N) is 2. The number of hydrogen-bond donors (Lipinski definition) is 2. The van der Waals surface area contributed by atoms with Crippen LogP contribution in [-0.2, 0) is 15.1 Å². The summed E-state index contributed by atoms with van der Waals surface area (Å²) < 4.78 is 4.87. The average Bonchev–Trinajstić information content (AvgIpc) is 3.11. The number of Topliss-reactive ketones (excluding diaryl/α,β-unsaturated/α-hetero) is 1. The van der Waals surface area contributed by atoms with Crippen molar-refractivity contribution in [3.05, 3.63) is 46.7 Å². The van der Waals surface area contributed by atoms with Crippen LogP contribution in [0.3, 0.4) is 0 Å². The number of nitriles is 2. The third-order valence-electron chi connectivity index (χ3n) is 5.60. The predicted octanol–water partition coefficient (Wildman–Crippen LogP) is 1.55. The van der Waals surface area contributed by atoms with Gasteiger partial charge in [0, 0.05) is 17.8 Å². The minimum Gasteiger partial charge on any atom is -0.466 e. The topological polar surface area (TPSA) is 123 Å². The fourth-order valence-corrected chi connectivity index (χ4v) is 4.41. The molecule has 0 aliphatic heterocycles. The summed E-state index contributed by atoms with van der Waals surface area (Å²) >= 11 is 0. The van der Waals surface area contributed by atoms with Crippen LogP contribution >= 0.6 is 0 Å². The molecule has 2 aliphatic carbocycles. The molecule has 1 fully saturated rings. The van der Waals surface area contributed by atoms with E-state index >= 15 is 0 Å². The second-order valence-corrected chi connectivity index (χ2v) is 6.73. The first-order valence-electron chi connectivity index (χ1n) is 8.58. The van der Waals surface area contributed by atoms with Gasteiger partial charge in [0.15, 0.2) is 11.2 Å². The number of methoxy groups -OCH3 is 1. The van der Waals surface area contributed by atoms with Crippen molar-refractivity contribution in [1.29, 1.82) is 10.5 Å². The van der Waals surface area contributed by atoms with E-state index in [1.807, 2.05) is 19.1 Å². The lowest BCUT2D eigenvalue weighted by Crippen LogP contribution is -2.33. The van der Waals surface area contributed by atoms with Crippen LogP contribution in [0.4, 0.5) is 0 Å². The summed E-state index contributed by atoms with van der Waals surface area (Å²) in [6.45, 7) is 4.01. The van der Waals surface area contributed by atoms with E-state index in [0.717, 1.165) is 13.5 Å². The molecule has 7 nitrogen and oxygen atoms in total. The molecule has 0 heterocycles. The lowest BCUT2D eigenvalue weighted by molar-refractivity contribution is -0.137. The number of ether oxygens (including phenoxy) is 1. The number of carbonyl (C=O) groups is 2. The van der Waals surface area contributed by atoms with E-state index in [-0.39, 0.29) is 16.7 Å². The molecular formula is C20H19N3O4. The normalized spacial score (nSPS) is 27.4. The molecule has 138 valence electrons. The number of aliphatic hydroxyl groups is 1. The minimum atomic E-state index is -2.12. The zero-order valence-corrected chi connectivity index (χ0v) is 15.3.